The van der Waals surface area contributed by atoms with Crippen molar-refractivity contribution in [3.8, 4) is 11.5 Å². The van der Waals surface area contributed by atoms with Gasteiger partial charge in [0, 0.05) is 12.0 Å². The predicted molar refractivity (Wildman–Crippen MR) is 164 cm³/mol. The van der Waals surface area contributed by atoms with Crippen molar-refractivity contribution in [2.75, 3.05) is 18.1 Å². The summed E-state index contributed by atoms with van der Waals surface area (Å²) in [6, 6.07) is 11.3. The number of amides is 1. The number of ether oxygens (including phenoxy) is 3. The van der Waals surface area contributed by atoms with Crippen LogP contribution in [0.1, 0.15) is 71.2 Å². The number of ketones is 1. The van der Waals surface area contributed by atoms with Crippen LogP contribution in [0.15, 0.2) is 60.7 Å². The lowest BCUT2D eigenvalue weighted by atomic mass is 9.94. The Morgan fingerprint density at radius 2 is 2.05 bits per heavy atom. The lowest BCUT2D eigenvalue weighted by molar-refractivity contribution is -0.132. The molecule has 2 aliphatic heterocycles. The van der Waals surface area contributed by atoms with Gasteiger partial charge in [-0.3, -0.25) is 14.5 Å². The van der Waals surface area contributed by atoms with Crippen molar-refractivity contribution in [3.63, 3.8) is 0 Å². The minimum absolute atomic E-state index is 0.00134. The zero-order valence-electron chi connectivity index (χ0n) is 24.4. The van der Waals surface area contributed by atoms with E-state index in [0.29, 0.717) is 35.6 Å². The van der Waals surface area contributed by atoms with Crippen LogP contribution in [0.5, 0.6) is 11.5 Å². The summed E-state index contributed by atoms with van der Waals surface area (Å²) in [6.07, 6.45) is 5.10. The Kier molecular flexibility index (Phi) is 8.96. The number of aliphatic hydroxyl groups excluding tert-OH is 1. The number of carbonyl (C=O) groups is 3. The molecular weight excluding hydrogens is 568 g/mol. The van der Waals surface area contributed by atoms with Crippen molar-refractivity contribution in [3.05, 3.63) is 88.0 Å². The first-order valence-electron chi connectivity index (χ1n) is 14.3. The number of hydrogen-bond donors (Lipinski definition) is 1. The van der Waals surface area contributed by atoms with Gasteiger partial charge in [-0.2, -0.15) is 0 Å². The summed E-state index contributed by atoms with van der Waals surface area (Å²) < 4.78 is 17.0. The molecule has 0 saturated carbocycles. The number of aromatic nitrogens is 1. The first kappa shape index (κ1) is 30.0. The van der Waals surface area contributed by atoms with E-state index in [2.05, 4.69) is 18.5 Å². The standard InChI is InChI=1S/C33H34N2O7S/c1-5-7-8-15-40-24-11-9-10-21(18-24)27-26(28(36)22-12-13-25-23(17-22)16-19(3)42-25)29(37)31(38)35(27)33-34-20(4)30(43-33)32(39)41-14-6-2/h6,9-13,17-19,27,36H,2,5,7-8,14-16H2,1,3-4H3/t19-,27-/m1/s1. The van der Waals surface area contributed by atoms with Crippen LogP contribution in [0.3, 0.4) is 0 Å². The second-order valence-corrected chi connectivity index (χ2v) is 11.5. The number of hydrogen-bond acceptors (Lipinski definition) is 9. The van der Waals surface area contributed by atoms with Crippen molar-refractivity contribution in [1.82, 2.24) is 4.98 Å². The van der Waals surface area contributed by atoms with Crippen LogP contribution in [0, 0.1) is 6.92 Å². The highest BCUT2D eigenvalue weighted by Crippen LogP contribution is 2.45. The van der Waals surface area contributed by atoms with Gasteiger partial charge >= 0.3 is 11.9 Å². The van der Waals surface area contributed by atoms with E-state index < -0.39 is 23.7 Å². The van der Waals surface area contributed by atoms with Gasteiger partial charge in [0.2, 0.25) is 0 Å². The molecule has 1 saturated heterocycles. The number of aliphatic hydroxyl groups is 1. The average Bonchev–Trinajstić information content (AvgIpc) is 3.65. The van der Waals surface area contributed by atoms with Crippen LogP contribution >= 0.6 is 11.3 Å². The molecule has 1 amide bonds. The highest BCUT2D eigenvalue weighted by Gasteiger charge is 2.48. The third kappa shape index (κ3) is 6.06. The van der Waals surface area contributed by atoms with E-state index in [-0.39, 0.29) is 34.1 Å². The van der Waals surface area contributed by atoms with E-state index in [4.69, 9.17) is 14.2 Å². The maximum Gasteiger partial charge on any atom is 0.350 e. The first-order chi connectivity index (χ1) is 20.7. The van der Waals surface area contributed by atoms with Crippen molar-refractivity contribution in [2.24, 2.45) is 0 Å². The van der Waals surface area contributed by atoms with Crippen molar-refractivity contribution < 1.29 is 33.7 Å². The zero-order chi connectivity index (χ0) is 30.7. The molecule has 1 aromatic heterocycles. The zero-order valence-corrected chi connectivity index (χ0v) is 25.2. The van der Waals surface area contributed by atoms with Gasteiger partial charge in [-0.25, -0.2) is 9.78 Å². The number of fused-ring (bicyclic) bond motifs is 1. The molecule has 224 valence electrons. The molecule has 0 radical (unpaired) electrons. The number of Topliss-reactive ketones (excluding diaryl/α,β-unsaturated/α-hetero) is 1. The van der Waals surface area contributed by atoms with E-state index in [1.54, 1.807) is 43.3 Å². The largest absolute Gasteiger partial charge is 0.507 e. The van der Waals surface area contributed by atoms with Crippen LogP contribution in [0.25, 0.3) is 5.76 Å². The van der Waals surface area contributed by atoms with Crippen LogP contribution < -0.4 is 14.4 Å². The molecule has 3 heterocycles. The van der Waals surface area contributed by atoms with Gasteiger partial charge in [-0.1, -0.05) is 55.9 Å². The van der Waals surface area contributed by atoms with Gasteiger partial charge in [-0.15, -0.1) is 0 Å². The van der Waals surface area contributed by atoms with Crippen LogP contribution in [0.2, 0.25) is 0 Å². The molecule has 10 heteroatoms. The third-order valence-corrected chi connectivity index (χ3v) is 8.45. The number of thiazole rings is 1. The summed E-state index contributed by atoms with van der Waals surface area (Å²) in [5, 5.41) is 11.8. The van der Waals surface area contributed by atoms with Crippen molar-refractivity contribution >= 4 is 39.9 Å². The maximum absolute atomic E-state index is 13.7. The fraction of sp³-hybridized carbons (Fsp3) is 0.333. The fourth-order valence-electron chi connectivity index (χ4n) is 5.26. The molecule has 2 atom stereocenters. The van der Waals surface area contributed by atoms with Gasteiger partial charge in [0.15, 0.2) is 5.13 Å². The van der Waals surface area contributed by atoms with Gasteiger partial charge < -0.3 is 19.3 Å². The summed E-state index contributed by atoms with van der Waals surface area (Å²) in [4.78, 5) is 46.0. The number of unbranched alkanes of at least 4 members (excludes halogenated alkanes) is 2. The van der Waals surface area contributed by atoms with Crippen LogP contribution in [0.4, 0.5) is 5.13 Å². The van der Waals surface area contributed by atoms with Crippen LogP contribution in [-0.4, -0.2) is 47.1 Å². The van der Waals surface area contributed by atoms with Gasteiger partial charge in [0.05, 0.1) is 23.9 Å². The molecule has 2 aromatic carbocycles. The second-order valence-electron chi connectivity index (χ2n) is 10.6. The normalized spacial score (nSPS) is 18.8. The maximum atomic E-state index is 13.7. The Hall–Kier alpha value is -4.44. The molecule has 0 unspecified atom stereocenters. The summed E-state index contributed by atoms with van der Waals surface area (Å²) in [5.74, 6) is -1.33. The highest BCUT2D eigenvalue weighted by atomic mass is 32.1. The molecule has 2 aliphatic rings. The van der Waals surface area contributed by atoms with Crippen molar-refractivity contribution in [1.29, 1.82) is 0 Å². The fourth-order valence-corrected chi connectivity index (χ4v) is 6.25. The monoisotopic (exact) mass is 602 g/mol. The molecule has 43 heavy (non-hydrogen) atoms. The quantitative estimate of drug-likeness (QED) is 0.0678. The van der Waals surface area contributed by atoms with E-state index >= 15 is 0 Å². The minimum Gasteiger partial charge on any atom is -0.507 e. The topological polar surface area (TPSA) is 115 Å². The van der Waals surface area contributed by atoms with Gasteiger partial charge in [0.1, 0.15) is 34.8 Å². The number of benzene rings is 2. The summed E-state index contributed by atoms with van der Waals surface area (Å²) >= 11 is 0.950. The summed E-state index contributed by atoms with van der Waals surface area (Å²) in [7, 11) is 0. The van der Waals surface area contributed by atoms with E-state index in [1.165, 1.54) is 11.0 Å². The molecule has 0 spiro atoms. The number of anilines is 1. The molecule has 1 fully saturated rings. The molecular formula is C33H34N2O7S. The SMILES string of the molecule is C=CCOC(=O)c1sc(N2C(=O)C(=O)C(=C(O)c3ccc4c(c3)C[C@@H](C)O4)[C@H]2c2cccc(OCCCCC)c2)nc1C. The van der Waals surface area contributed by atoms with E-state index in [0.717, 1.165) is 41.9 Å². The number of rotatable bonds is 11. The number of aryl methyl sites for hydroxylation is 1. The number of nitrogens with zero attached hydrogens (tertiary/aromatic N) is 2. The minimum atomic E-state index is -1.02. The van der Waals surface area contributed by atoms with E-state index in [9.17, 15) is 19.5 Å². The van der Waals surface area contributed by atoms with Crippen LogP contribution in [-0.2, 0) is 20.7 Å². The van der Waals surface area contributed by atoms with Gasteiger partial charge in [-0.05, 0) is 61.7 Å². The Morgan fingerprint density at radius 1 is 1.23 bits per heavy atom. The lowest BCUT2D eigenvalue weighted by Crippen LogP contribution is -2.29. The molecule has 0 aliphatic carbocycles. The number of esters is 1. The number of carbonyl (C=O) groups excluding carboxylic acids is 3. The molecule has 0 bridgehead atoms. The van der Waals surface area contributed by atoms with Crippen molar-refractivity contribution in [2.45, 2.75) is 58.6 Å². The predicted octanol–water partition coefficient (Wildman–Crippen LogP) is 6.31. The Labute approximate surface area is 254 Å². The Balaban J connectivity index is 1.61. The van der Waals surface area contributed by atoms with Gasteiger partial charge in [0.25, 0.3) is 5.78 Å². The molecule has 5 rings (SSSR count). The Morgan fingerprint density at radius 3 is 2.81 bits per heavy atom. The van der Waals surface area contributed by atoms with E-state index in [1.807, 2.05) is 13.0 Å². The highest BCUT2D eigenvalue weighted by molar-refractivity contribution is 7.17. The summed E-state index contributed by atoms with van der Waals surface area (Å²) in [6.45, 7) is 9.81. The second kappa shape index (κ2) is 12.8. The summed E-state index contributed by atoms with van der Waals surface area (Å²) in [5.41, 5.74) is 2.13. The molecule has 9 nitrogen and oxygen atoms in total. The Bertz CT molecular complexity index is 1610. The smallest absolute Gasteiger partial charge is 0.350 e. The average molecular weight is 603 g/mol. The first-order valence-corrected chi connectivity index (χ1v) is 15.1. The molecule has 3 aromatic rings. The third-order valence-electron chi connectivity index (χ3n) is 7.31. The molecule has 1 N–H and O–H groups in total. The lowest BCUT2D eigenvalue weighted by Gasteiger charge is -2.23.